The summed E-state index contributed by atoms with van der Waals surface area (Å²) in [4.78, 5) is 12.9. The van der Waals surface area contributed by atoms with Crippen LogP contribution in [0, 0.1) is 5.82 Å². The van der Waals surface area contributed by atoms with Crippen molar-refractivity contribution in [1.29, 1.82) is 0 Å². The molecule has 1 amide bonds. The van der Waals surface area contributed by atoms with Gasteiger partial charge < -0.3 is 19.7 Å². The van der Waals surface area contributed by atoms with E-state index in [1.54, 1.807) is 13.1 Å². The Morgan fingerprint density at radius 3 is 2.37 bits per heavy atom. The second kappa shape index (κ2) is 8.72. The Kier molecular flexibility index (Phi) is 6.62. The fourth-order valence-corrected chi connectivity index (χ4v) is 2.45. The smallest absolute Gasteiger partial charge is 0.494 e. The van der Waals surface area contributed by atoms with E-state index in [0.29, 0.717) is 17.8 Å². The molecular weight excluding hydrogens is 368 g/mol. The number of nitrogens with one attached hydrogen (secondary N) is 2. The number of rotatable bonds is 7. The van der Waals surface area contributed by atoms with E-state index in [2.05, 4.69) is 10.1 Å². The number of ether oxygens (including phenoxy) is 2. The van der Waals surface area contributed by atoms with Gasteiger partial charge in [0, 0.05) is 11.3 Å². The number of halogens is 4. The first kappa shape index (κ1) is 20.5. The molecule has 0 bridgehead atoms. The lowest BCUT2D eigenvalue weighted by atomic mass is 10.2. The van der Waals surface area contributed by atoms with E-state index in [1.165, 1.54) is 31.4 Å². The number of benzene rings is 2. The zero-order chi connectivity index (χ0) is 20.0. The molecule has 0 saturated heterocycles. The quantitative estimate of drug-likeness (QED) is 0.718. The minimum absolute atomic E-state index is 0.0917. The predicted molar refractivity (Wildman–Crippen MR) is 90.2 cm³/mol. The molecule has 0 spiro atoms. The molecule has 1 atom stereocenters. The van der Waals surface area contributed by atoms with Crippen molar-refractivity contribution in [2.75, 3.05) is 26.0 Å². The van der Waals surface area contributed by atoms with Crippen LogP contribution in [0.15, 0.2) is 42.5 Å². The molecule has 2 rings (SSSR count). The van der Waals surface area contributed by atoms with Crippen molar-refractivity contribution in [3.63, 3.8) is 0 Å². The molecule has 2 N–H and O–H groups in total. The van der Waals surface area contributed by atoms with Gasteiger partial charge in [-0.1, -0.05) is 0 Å². The Bertz CT molecular complexity index is 779. The summed E-state index contributed by atoms with van der Waals surface area (Å²) in [7, 11) is 3.14. The van der Waals surface area contributed by atoms with E-state index in [-0.39, 0.29) is 24.0 Å². The van der Waals surface area contributed by atoms with Gasteiger partial charge in [-0.15, -0.1) is 13.2 Å². The lowest BCUT2D eigenvalue weighted by Gasteiger charge is -2.15. The van der Waals surface area contributed by atoms with Gasteiger partial charge in [0.25, 0.3) is 5.91 Å². The first-order valence-electron chi connectivity index (χ1n) is 7.95. The summed E-state index contributed by atoms with van der Waals surface area (Å²) < 4.78 is 58.7. The number of alkyl halides is 3. The van der Waals surface area contributed by atoms with Crippen LogP contribution in [0.2, 0.25) is 0 Å². The SMILES string of the molecule is COc1ccc(C[NH+](C)CC(=O)Nc2ccc(OC(F)(F)F)cc2)cc1F. The molecule has 0 aromatic heterocycles. The molecule has 0 radical (unpaired) electrons. The Labute approximate surface area is 153 Å². The van der Waals surface area contributed by atoms with E-state index < -0.39 is 12.2 Å². The number of methoxy groups -OCH3 is 1. The van der Waals surface area contributed by atoms with Gasteiger partial charge in [-0.25, -0.2) is 4.39 Å². The fourth-order valence-electron chi connectivity index (χ4n) is 2.45. The number of amides is 1. The third kappa shape index (κ3) is 6.78. The fraction of sp³-hybridized carbons (Fsp3) is 0.278. The summed E-state index contributed by atoms with van der Waals surface area (Å²) >= 11 is 0. The monoisotopic (exact) mass is 387 g/mol. The minimum Gasteiger partial charge on any atom is -0.494 e. The highest BCUT2D eigenvalue weighted by molar-refractivity contribution is 5.91. The van der Waals surface area contributed by atoms with Crippen LogP contribution in [0.4, 0.5) is 23.2 Å². The van der Waals surface area contributed by atoms with Crippen LogP contribution in [0.3, 0.4) is 0 Å². The number of carbonyl (C=O) groups excluding carboxylic acids is 1. The van der Waals surface area contributed by atoms with Crippen LogP contribution in [-0.4, -0.2) is 33.0 Å². The van der Waals surface area contributed by atoms with E-state index in [1.807, 2.05) is 0 Å². The van der Waals surface area contributed by atoms with Gasteiger partial charge in [0.05, 0.1) is 14.2 Å². The summed E-state index contributed by atoms with van der Waals surface area (Å²) in [6.45, 7) is 0.501. The maximum Gasteiger partial charge on any atom is 0.573 e. The molecule has 0 aliphatic rings. The number of carbonyl (C=O) groups is 1. The highest BCUT2D eigenvalue weighted by Crippen LogP contribution is 2.23. The number of likely N-dealkylation sites (N-methyl/N-ethyl adjacent to an activating group) is 1. The van der Waals surface area contributed by atoms with E-state index in [9.17, 15) is 22.4 Å². The molecule has 0 fully saturated rings. The lowest BCUT2D eigenvalue weighted by molar-refractivity contribution is -0.885. The summed E-state index contributed by atoms with van der Waals surface area (Å²) in [5, 5.41) is 2.59. The zero-order valence-corrected chi connectivity index (χ0v) is 14.7. The summed E-state index contributed by atoms with van der Waals surface area (Å²) in [5.74, 6) is -1.03. The van der Waals surface area contributed by atoms with E-state index >= 15 is 0 Å². The van der Waals surface area contributed by atoms with Gasteiger partial charge >= 0.3 is 6.36 Å². The largest absolute Gasteiger partial charge is 0.573 e. The summed E-state index contributed by atoms with van der Waals surface area (Å²) in [6, 6.07) is 9.42. The van der Waals surface area contributed by atoms with Gasteiger partial charge in [0.1, 0.15) is 12.3 Å². The van der Waals surface area contributed by atoms with Crippen molar-refractivity contribution in [3.8, 4) is 11.5 Å². The van der Waals surface area contributed by atoms with Crippen molar-refractivity contribution < 1.29 is 36.7 Å². The topological polar surface area (TPSA) is 52.0 Å². The normalized spacial score (nSPS) is 12.4. The third-order valence-electron chi connectivity index (χ3n) is 3.56. The Morgan fingerprint density at radius 2 is 1.81 bits per heavy atom. The Morgan fingerprint density at radius 1 is 1.15 bits per heavy atom. The molecular formula is C18H19F4N2O3+. The molecule has 5 nitrogen and oxygen atoms in total. The van der Waals surface area contributed by atoms with Crippen molar-refractivity contribution in [2.24, 2.45) is 0 Å². The Balaban J connectivity index is 1.86. The Hall–Kier alpha value is -2.81. The molecule has 1 unspecified atom stereocenters. The molecule has 9 heteroatoms. The second-order valence-corrected chi connectivity index (χ2v) is 5.90. The third-order valence-corrected chi connectivity index (χ3v) is 3.56. The second-order valence-electron chi connectivity index (χ2n) is 5.90. The van der Waals surface area contributed by atoms with Crippen LogP contribution >= 0.6 is 0 Å². The van der Waals surface area contributed by atoms with Crippen molar-refractivity contribution >= 4 is 11.6 Å². The van der Waals surface area contributed by atoms with Crippen LogP contribution in [0.25, 0.3) is 0 Å². The van der Waals surface area contributed by atoms with Gasteiger partial charge in [0.15, 0.2) is 18.1 Å². The number of quaternary nitrogens is 1. The molecule has 0 aliphatic carbocycles. The van der Waals surface area contributed by atoms with Gasteiger partial charge in [-0.05, 0) is 42.5 Å². The number of hydrogen-bond donors (Lipinski definition) is 2. The highest BCUT2D eigenvalue weighted by atomic mass is 19.4. The molecule has 0 heterocycles. The number of anilines is 1. The minimum atomic E-state index is -4.77. The van der Waals surface area contributed by atoms with Crippen molar-refractivity contribution in [2.45, 2.75) is 12.9 Å². The summed E-state index contributed by atoms with van der Waals surface area (Å²) in [5.41, 5.74) is 1.05. The number of hydrogen-bond acceptors (Lipinski definition) is 3. The van der Waals surface area contributed by atoms with Crippen molar-refractivity contribution in [1.82, 2.24) is 0 Å². The average Bonchev–Trinajstić information content (AvgIpc) is 2.55. The van der Waals surface area contributed by atoms with Crippen molar-refractivity contribution in [3.05, 3.63) is 53.8 Å². The van der Waals surface area contributed by atoms with E-state index in [0.717, 1.165) is 17.0 Å². The molecule has 0 aliphatic heterocycles. The average molecular weight is 387 g/mol. The predicted octanol–water partition coefficient (Wildman–Crippen LogP) is 2.39. The maximum atomic E-state index is 13.7. The standard InChI is InChI=1S/C18H18F4N2O3/c1-24(10-12-3-8-16(26-2)15(19)9-12)11-17(25)23-13-4-6-14(7-5-13)27-18(20,21)22/h3-9H,10-11H2,1-2H3,(H,23,25)/p+1. The maximum absolute atomic E-state index is 13.7. The van der Waals surface area contributed by atoms with Gasteiger partial charge in [-0.2, -0.15) is 0 Å². The zero-order valence-electron chi connectivity index (χ0n) is 14.7. The molecule has 27 heavy (non-hydrogen) atoms. The van der Waals surface area contributed by atoms with Gasteiger partial charge in [0.2, 0.25) is 0 Å². The first-order chi connectivity index (χ1) is 12.7. The lowest BCUT2D eigenvalue weighted by Crippen LogP contribution is -3.08. The highest BCUT2D eigenvalue weighted by Gasteiger charge is 2.31. The van der Waals surface area contributed by atoms with E-state index in [4.69, 9.17) is 4.74 Å². The molecule has 2 aromatic rings. The van der Waals surface area contributed by atoms with Gasteiger partial charge in [-0.3, -0.25) is 4.79 Å². The summed E-state index contributed by atoms with van der Waals surface area (Å²) in [6.07, 6.45) is -4.77. The van der Waals surface area contributed by atoms with Crippen LogP contribution < -0.4 is 19.7 Å². The van der Waals surface area contributed by atoms with Crippen LogP contribution in [0.1, 0.15) is 5.56 Å². The van der Waals surface area contributed by atoms with Crippen LogP contribution in [0.5, 0.6) is 11.5 Å². The molecule has 2 aromatic carbocycles. The van der Waals surface area contributed by atoms with Crippen LogP contribution in [-0.2, 0) is 11.3 Å². The first-order valence-corrected chi connectivity index (χ1v) is 7.95. The molecule has 146 valence electrons. The molecule has 0 saturated carbocycles.